The maximum Gasteiger partial charge on any atom is 0.194 e. The fraction of sp³-hybridized carbons (Fsp3) is 0.571. The highest BCUT2D eigenvalue weighted by Crippen LogP contribution is 2.37. The Hall–Kier alpha value is -1.07. The van der Waals surface area contributed by atoms with Gasteiger partial charge in [-0.25, -0.2) is 13.2 Å². The van der Waals surface area contributed by atoms with Gasteiger partial charge in [0, 0.05) is 12.2 Å². The normalized spacial score (nSPS) is 24.1. The molecule has 1 aliphatic rings. The molecule has 0 heterocycles. The van der Waals surface area contributed by atoms with Crippen LogP contribution in [-0.2, 0) is 4.74 Å². The first-order chi connectivity index (χ1) is 9.02. The SMILES string of the molecule is CCOC1CC(CC(O)c2ccc(F)c(F)c2F)C1. The molecule has 5 heteroatoms. The van der Waals surface area contributed by atoms with Gasteiger partial charge in [0.15, 0.2) is 17.5 Å². The van der Waals surface area contributed by atoms with Crippen molar-refractivity contribution >= 4 is 0 Å². The van der Waals surface area contributed by atoms with Crippen LogP contribution in [0.5, 0.6) is 0 Å². The van der Waals surface area contributed by atoms with E-state index in [0.29, 0.717) is 13.0 Å². The Morgan fingerprint density at radius 1 is 1.26 bits per heavy atom. The van der Waals surface area contributed by atoms with E-state index in [0.717, 1.165) is 25.0 Å². The predicted molar refractivity (Wildman–Crippen MR) is 64.0 cm³/mol. The number of hydrogen-bond donors (Lipinski definition) is 1. The van der Waals surface area contributed by atoms with Gasteiger partial charge in [0.2, 0.25) is 0 Å². The fourth-order valence-corrected chi connectivity index (χ4v) is 2.48. The van der Waals surface area contributed by atoms with Gasteiger partial charge in [-0.05, 0) is 38.2 Å². The van der Waals surface area contributed by atoms with Crippen LogP contribution in [0.3, 0.4) is 0 Å². The third-order valence-corrected chi connectivity index (χ3v) is 3.58. The number of ether oxygens (including phenoxy) is 1. The molecule has 1 aromatic carbocycles. The van der Waals surface area contributed by atoms with E-state index in [1.807, 2.05) is 6.92 Å². The average molecular weight is 274 g/mol. The second-order valence-corrected chi connectivity index (χ2v) is 4.93. The van der Waals surface area contributed by atoms with E-state index >= 15 is 0 Å². The van der Waals surface area contributed by atoms with Crippen LogP contribution in [0.4, 0.5) is 13.2 Å². The van der Waals surface area contributed by atoms with E-state index < -0.39 is 23.6 Å². The lowest BCUT2D eigenvalue weighted by molar-refractivity contribution is -0.0383. The molecule has 1 N–H and O–H groups in total. The van der Waals surface area contributed by atoms with E-state index in [4.69, 9.17) is 4.74 Å². The quantitative estimate of drug-likeness (QED) is 0.834. The van der Waals surface area contributed by atoms with Crippen LogP contribution < -0.4 is 0 Å². The highest BCUT2D eigenvalue weighted by atomic mass is 19.2. The summed E-state index contributed by atoms with van der Waals surface area (Å²) in [6, 6.07) is 1.93. The molecule has 0 spiro atoms. The first kappa shape index (κ1) is 14.3. The van der Waals surface area contributed by atoms with E-state index in [2.05, 4.69) is 0 Å². The second-order valence-electron chi connectivity index (χ2n) is 4.93. The molecule has 0 saturated heterocycles. The van der Waals surface area contributed by atoms with Crippen molar-refractivity contribution in [2.45, 2.75) is 38.4 Å². The molecule has 1 unspecified atom stereocenters. The van der Waals surface area contributed by atoms with Crippen molar-refractivity contribution in [3.63, 3.8) is 0 Å². The Balaban J connectivity index is 1.94. The molecular weight excluding hydrogens is 257 g/mol. The van der Waals surface area contributed by atoms with Gasteiger partial charge in [-0.15, -0.1) is 0 Å². The zero-order valence-corrected chi connectivity index (χ0v) is 10.7. The van der Waals surface area contributed by atoms with Crippen LogP contribution in [0.25, 0.3) is 0 Å². The minimum absolute atomic E-state index is 0.182. The molecular formula is C14H17F3O2. The van der Waals surface area contributed by atoms with Gasteiger partial charge >= 0.3 is 0 Å². The Kier molecular flexibility index (Phi) is 4.47. The Bertz CT molecular complexity index is 445. The van der Waals surface area contributed by atoms with Crippen molar-refractivity contribution in [1.82, 2.24) is 0 Å². The van der Waals surface area contributed by atoms with Crippen molar-refractivity contribution in [1.29, 1.82) is 0 Å². The number of hydrogen-bond acceptors (Lipinski definition) is 2. The number of benzene rings is 1. The molecule has 0 radical (unpaired) electrons. The largest absolute Gasteiger partial charge is 0.388 e. The molecule has 19 heavy (non-hydrogen) atoms. The number of rotatable bonds is 5. The lowest BCUT2D eigenvalue weighted by Crippen LogP contribution is -2.32. The average Bonchev–Trinajstić information content (AvgIpc) is 2.33. The lowest BCUT2D eigenvalue weighted by Gasteiger charge is -2.36. The molecule has 1 aliphatic carbocycles. The Morgan fingerprint density at radius 3 is 2.58 bits per heavy atom. The molecule has 2 nitrogen and oxygen atoms in total. The monoisotopic (exact) mass is 274 g/mol. The molecule has 0 amide bonds. The van der Waals surface area contributed by atoms with E-state index in [1.54, 1.807) is 0 Å². The summed E-state index contributed by atoms with van der Waals surface area (Å²) in [5, 5.41) is 9.90. The van der Waals surface area contributed by atoms with Crippen LogP contribution in [0.1, 0.15) is 37.9 Å². The summed E-state index contributed by atoms with van der Waals surface area (Å²) in [5.74, 6) is -3.84. The molecule has 1 fully saturated rings. The zero-order chi connectivity index (χ0) is 14.0. The van der Waals surface area contributed by atoms with E-state index in [-0.39, 0.29) is 17.6 Å². The van der Waals surface area contributed by atoms with Crippen LogP contribution in [0.15, 0.2) is 12.1 Å². The van der Waals surface area contributed by atoms with Gasteiger partial charge in [0.05, 0.1) is 12.2 Å². The first-order valence-electron chi connectivity index (χ1n) is 6.46. The fourth-order valence-electron chi connectivity index (χ4n) is 2.48. The molecule has 1 atom stereocenters. The van der Waals surface area contributed by atoms with Crippen LogP contribution in [0.2, 0.25) is 0 Å². The van der Waals surface area contributed by atoms with Crippen LogP contribution in [0, 0.1) is 23.4 Å². The molecule has 0 bridgehead atoms. The molecule has 1 aromatic rings. The number of aliphatic hydroxyl groups is 1. The summed E-state index contributed by atoms with van der Waals surface area (Å²) < 4.78 is 44.7. The first-order valence-corrected chi connectivity index (χ1v) is 6.46. The van der Waals surface area contributed by atoms with Crippen LogP contribution in [-0.4, -0.2) is 17.8 Å². The van der Waals surface area contributed by atoms with Crippen molar-refractivity contribution in [3.8, 4) is 0 Å². The van der Waals surface area contributed by atoms with Crippen molar-refractivity contribution in [2.75, 3.05) is 6.61 Å². The van der Waals surface area contributed by atoms with E-state index in [1.165, 1.54) is 0 Å². The third kappa shape index (κ3) is 3.09. The van der Waals surface area contributed by atoms with Crippen molar-refractivity contribution in [2.24, 2.45) is 5.92 Å². The number of halogens is 3. The summed E-state index contributed by atoms with van der Waals surface area (Å²) in [5.41, 5.74) is -0.182. The summed E-state index contributed by atoms with van der Waals surface area (Å²) in [6.07, 6.45) is 1.07. The topological polar surface area (TPSA) is 29.5 Å². The second kappa shape index (κ2) is 5.92. The van der Waals surface area contributed by atoms with Crippen LogP contribution >= 0.6 is 0 Å². The summed E-state index contributed by atoms with van der Waals surface area (Å²) >= 11 is 0. The minimum Gasteiger partial charge on any atom is -0.388 e. The zero-order valence-electron chi connectivity index (χ0n) is 10.7. The van der Waals surface area contributed by atoms with Crippen molar-refractivity contribution < 1.29 is 23.0 Å². The standard InChI is InChI=1S/C14H17F3O2/c1-2-19-9-5-8(6-9)7-12(18)10-3-4-11(15)14(17)13(10)16/h3-4,8-9,12,18H,2,5-7H2,1H3. The van der Waals surface area contributed by atoms with Crippen molar-refractivity contribution in [3.05, 3.63) is 35.1 Å². The summed E-state index contributed by atoms with van der Waals surface area (Å²) in [4.78, 5) is 0. The maximum absolute atomic E-state index is 13.5. The maximum atomic E-state index is 13.5. The summed E-state index contributed by atoms with van der Waals surface area (Å²) in [7, 11) is 0. The smallest absolute Gasteiger partial charge is 0.194 e. The minimum atomic E-state index is -1.53. The lowest BCUT2D eigenvalue weighted by atomic mass is 9.78. The molecule has 0 aromatic heterocycles. The molecule has 0 aliphatic heterocycles. The van der Waals surface area contributed by atoms with Gasteiger partial charge in [-0.3, -0.25) is 0 Å². The molecule has 1 saturated carbocycles. The van der Waals surface area contributed by atoms with Gasteiger partial charge in [0.1, 0.15) is 0 Å². The van der Waals surface area contributed by atoms with E-state index in [9.17, 15) is 18.3 Å². The molecule has 2 rings (SSSR count). The summed E-state index contributed by atoms with van der Waals surface area (Å²) in [6.45, 7) is 2.57. The molecule has 106 valence electrons. The van der Waals surface area contributed by atoms with Gasteiger partial charge in [0.25, 0.3) is 0 Å². The van der Waals surface area contributed by atoms with Gasteiger partial charge < -0.3 is 9.84 Å². The highest BCUT2D eigenvalue weighted by Gasteiger charge is 2.32. The Labute approximate surface area is 110 Å². The predicted octanol–water partition coefficient (Wildman–Crippen LogP) is 3.34. The highest BCUT2D eigenvalue weighted by molar-refractivity contribution is 5.22. The Morgan fingerprint density at radius 2 is 1.95 bits per heavy atom. The van der Waals surface area contributed by atoms with Gasteiger partial charge in [-0.2, -0.15) is 0 Å². The number of aliphatic hydroxyl groups excluding tert-OH is 1. The third-order valence-electron chi connectivity index (χ3n) is 3.58. The van der Waals surface area contributed by atoms with Gasteiger partial charge in [-0.1, -0.05) is 6.07 Å².